The molecule has 0 fully saturated rings. The highest BCUT2D eigenvalue weighted by Crippen LogP contribution is 2.35. The standard InChI is InChI=1S/C19H11Cl2N5OS/c20-11-4-3-5-12(21)16(11)17-10(8-22)18(27)26-19(25-17)28-9-15-23-13-6-1-2-7-14(13)24-15/h1-7H,9H2,(H,23,24)(H,25,26,27). The van der Waals surface area contributed by atoms with Gasteiger partial charge in [-0.1, -0.05) is 53.2 Å². The monoisotopic (exact) mass is 427 g/mol. The van der Waals surface area contributed by atoms with Crippen molar-refractivity contribution >= 4 is 46.0 Å². The van der Waals surface area contributed by atoms with Crippen LogP contribution in [-0.4, -0.2) is 19.9 Å². The summed E-state index contributed by atoms with van der Waals surface area (Å²) in [5.41, 5.74) is 1.64. The number of aromatic nitrogens is 4. The van der Waals surface area contributed by atoms with E-state index in [1.807, 2.05) is 30.3 Å². The Labute approximate surface area is 173 Å². The molecule has 0 saturated heterocycles. The molecule has 2 aromatic carbocycles. The van der Waals surface area contributed by atoms with Crippen LogP contribution in [0.15, 0.2) is 52.4 Å². The summed E-state index contributed by atoms with van der Waals surface area (Å²) in [6.45, 7) is 0. The maximum absolute atomic E-state index is 12.4. The number of hydrogen-bond donors (Lipinski definition) is 2. The number of rotatable bonds is 4. The number of aromatic amines is 2. The van der Waals surface area contributed by atoms with Crippen molar-refractivity contribution in [3.63, 3.8) is 0 Å². The number of fused-ring (bicyclic) bond motifs is 1. The smallest absolute Gasteiger partial charge is 0.270 e. The Bertz CT molecular complexity index is 1240. The number of hydrogen-bond acceptors (Lipinski definition) is 5. The third-order valence-corrected chi connectivity index (χ3v) is 5.51. The summed E-state index contributed by atoms with van der Waals surface area (Å²) in [6, 6.07) is 14.5. The molecule has 2 N–H and O–H groups in total. The predicted octanol–water partition coefficient (Wildman–Crippen LogP) is 4.78. The summed E-state index contributed by atoms with van der Waals surface area (Å²) in [6.07, 6.45) is 0. The molecule has 0 aliphatic carbocycles. The Morgan fingerprint density at radius 1 is 1.04 bits per heavy atom. The lowest BCUT2D eigenvalue weighted by Gasteiger charge is -2.09. The molecule has 0 atom stereocenters. The molecule has 0 spiro atoms. The average molecular weight is 428 g/mol. The second-order valence-electron chi connectivity index (χ2n) is 5.79. The molecule has 6 nitrogen and oxygen atoms in total. The second-order valence-corrected chi connectivity index (χ2v) is 7.57. The number of benzene rings is 2. The third kappa shape index (κ3) is 3.50. The van der Waals surface area contributed by atoms with Gasteiger partial charge in [-0.25, -0.2) is 9.97 Å². The van der Waals surface area contributed by atoms with E-state index < -0.39 is 5.56 Å². The summed E-state index contributed by atoms with van der Waals surface area (Å²) in [5, 5.41) is 10.4. The molecule has 2 heterocycles. The van der Waals surface area contributed by atoms with Gasteiger partial charge < -0.3 is 9.97 Å². The third-order valence-electron chi connectivity index (χ3n) is 3.99. The Kier molecular flexibility index (Phi) is 5.09. The molecule has 2 aromatic heterocycles. The Balaban J connectivity index is 1.71. The van der Waals surface area contributed by atoms with E-state index in [0.717, 1.165) is 16.9 Å². The summed E-state index contributed by atoms with van der Waals surface area (Å²) < 4.78 is 0. The lowest BCUT2D eigenvalue weighted by Crippen LogP contribution is -2.15. The fraction of sp³-hybridized carbons (Fsp3) is 0.0526. The fourth-order valence-corrected chi connectivity index (χ4v) is 4.05. The molecular formula is C19H11Cl2N5OS. The fourth-order valence-electron chi connectivity index (χ4n) is 2.74. The van der Waals surface area contributed by atoms with Gasteiger partial charge in [-0.3, -0.25) is 4.79 Å². The van der Waals surface area contributed by atoms with Crippen LogP contribution in [0.1, 0.15) is 11.4 Å². The van der Waals surface area contributed by atoms with Crippen molar-refractivity contribution in [2.45, 2.75) is 10.9 Å². The highest BCUT2D eigenvalue weighted by atomic mass is 35.5. The van der Waals surface area contributed by atoms with Gasteiger partial charge >= 0.3 is 0 Å². The number of nitrogens with zero attached hydrogens (tertiary/aromatic N) is 3. The molecule has 138 valence electrons. The van der Waals surface area contributed by atoms with Gasteiger partial charge in [-0.2, -0.15) is 5.26 Å². The second kappa shape index (κ2) is 7.68. The van der Waals surface area contributed by atoms with E-state index in [9.17, 15) is 10.1 Å². The molecule has 9 heteroatoms. The van der Waals surface area contributed by atoms with E-state index in [1.54, 1.807) is 18.2 Å². The zero-order chi connectivity index (χ0) is 19.7. The molecule has 28 heavy (non-hydrogen) atoms. The van der Waals surface area contributed by atoms with E-state index in [-0.39, 0.29) is 11.3 Å². The van der Waals surface area contributed by atoms with Crippen molar-refractivity contribution in [2.24, 2.45) is 0 Å². The van der Waals surface area contributed by atoms with Crippen LogP contribution in [0.3, 0.4) is 0 Å². The quantitative estimate of drug-likeness (QED) is 0.360. The highest BCUT2D eigenvalue weighted by molar-refractivity contribution is 7.98. The van der Waals surface area contributed by atoms with Crippen LogP contribution in [0, 0.1) is 11.3 Å². The number of imidazole rings is 1. The van der Waals surface area contributed by atoms with Crippen molar-refractivity contribution in [3.8, 4) is 17.3 Å². The van der Waals surface area contributed by atoms with Crippen LogP contribution in [0.2, 0.25) is 10.0 Å². The summed E-state index contributed by atoms with van der Waals surface area (Å²) in [7, 11) is 0. The van der Waals surface area contributed by atoms with Gasteiger partial charge in [-0.15, -0.1) is 0 Å². The molecule has 0 radical (unpaired) electrons. The summed E-state index contributed by atoms with van der Waals surface area (Å²) in [4.78, 5) is 27.2. The van der Waals surface area contributed by atoms with E-state index in [0.29, 0.717) is 26.5 Å². The molecular weight excluding hydrogens is 417 g/mol. The van der Waals surface area contributed by atoms with Gasteiger partial charge in [0.25, 0.3) is 5.56 Å². The van der Waals surface area contributed by atoms with E-state index in [2.05, 4.69) is 19.9 Å². The molecule has 0 bridgehead atoms. The predicted molar refractivity (Wildman–Crippen MR) is 111 cm³/mol. The number of thioether (sulfide) groups is 1. The van der Waals surface area contributed by atoms with E-state index in [4.69, 9.17) is 23.2 Å². The minimum atomic E-state index is -0.546. The van der Waals surface area contributed by atoms with Gasteiger partial charge in [0.1, 0.15) is 17.5 Å². The SMILES string of the molecule is N#Cc1c(-c2c(Cl)cccc2Cl)nc(SCc2nc3ccccc3[nH]2)[nH]c1=O. The molecule has 0 aliphatic heterocycles. The van der Waals surface area contributed by atoms with Gasteiger partial charge in [0.2, 0.25) is 0 Å². The normalized spacial score (nSPS) is 10.9. The minimum absolute atomic E-state index is 0.136. The average Bonchev–Trinajstić information content (AvgIpc) is 3.09. The minimum Gasteiger partial charge on any atom is -0.341 e. The maximum Gasteiger partial charge on any atom is 0.270 e. The lowest BCUT2D eigenvalue weighted by atomic mass is 10.1. The topological polar surface area (TPSA) is 98.2 Å². The Morgan fingerprint density at radius 2 is 1.79 bits per heavy atom. The first-order valence-corrected chi connectivity index (χ1v) is 9.86. The van der Waals surface area contributed by atoms with E-state index in [1.165, 1.54) is 11.8 Å². The van der Waals surface area contributed by atoms with Gasteiger partial charge in [0.15, 0.2) is 5.16 Å². The van der Waals surface area contributed by atoms with Crippen molar-refractivity contribution < 1.29 is 0 Å². The van der Waals surface area contributed by atoms with E-state index >= 15 is 0 Å². The first kappa shape index (κ1) is 18.6. The van der Waals surface area contributed by atoms with Crippen LogP contribution < -0.4 is 5.56 Å². The van der Waals surface area contributed by atoms with Crippen LogP contribution in [-0.2, 0) is 5.75 Å². The van der Waals surface area contributed by atoms with Crippen LogP contribution >= 0.6 is 35.0 Å². The van der Waals surface area contributed by atoms with Crippen LogP contribution in [0.25, 0.3) is 22.3 Å². The Hall–Kier alpha value is -2.79. The number of nitriles is 1. The largest absolute Gasteiger partial charge is 0.341 e. The summed E-state index contributed by atoms with van der Waals surface area (Å²) >= 11 is 13.8. The molecule has 0 unspecified atom stereocenters. The Morgan fingerprint density at radius 3 is 2.50 bits per heavy atom. The first-order chi connectivity index (χ1) is 13.6. The number of H-pyrrole nitrogens is 2. The highest BCUT2D eigenvalue weighted by Gasteiger charge is 2.19. The zero-order valence-corrected chi connectivity index (χ0v) is 16.5. The van der Waals surface area contributed by atoms with Crippen molar-refractivity contribution in [1.29, 1.82) is 5.26 Å². The molecule has 0 amide bonds. The number of para-hydroxylation sites is 2. The van der Waals surface area contributed by atoms with Gasteiger partial charge in [0, 0.05) is 5.56 Å². The number of nitrogens with one attached hydrogen (secondary N) is 2. The van der Waals surface area contributed by atoms with Crippen molar-refractivity contribution in [2.75, 3.05) is 0 Å². The molecule has 0 saturated carbocycles. The summed E-state index contributed by atoms with van der Waals surface area (Å²) in [5.74, 6) is 1.20. The van der Waals surface area contributed by atoms with Gasteiger partial charge in [0.05, 0.1) is 32.5 Å². The zero-order valence-electron chi connectivity index (χ0n) is 14.2. The van der Waals surface area contributed by atoms with Gasteiger partial charge in [-0.05, 0) is 24.3 Å². The van der Waals surface area contributed by atoms with Crippen molar-refractivity contribution in [1.82, 2.24) is 19.9 Å². The first-order valence-electron chi connectivity index (χ1n) is 8.12. The molecule has 4 rings (SSSR count). The number of halogens is 2. The van der Waals surface area contributed by atoms with Crippen molar-refractivity contribution in [3.05, 3.63) is 74.3 Å². The maximum atomic E-state index is 12.4. The van der Waals surface area contributed by atoms with Crippen LogP contribution in [0.5, 0.6) is 0 Å². The lowest BCUT2D eigenvalue weighted by molar-refractivity contribution is 0.932. The van der Waals surface area contributed by atoms with Crippen LogP contribution in [0.4, 0.5) is 0 Å². The molecule has 0 aliphatic rings. The molecule has 4 aromatic rings.